The van der Waals surface area contributed by atoms with E-state index in [-0.39, 0.29) is 22.9 Å². The molecule has 1 atom stereocenters. The minimum atomic E-state index is -0.0639. The van der Waals surface area contributed by atoms with E-state index in [1.807, 2.05) is 26.8 Å². The van der Waals surface area contributed by atoms with Gasteiger partial charge in [-0.3, -0.25) is 9.59 Å². The monoisotopic (exact) mass is 302 g/mol. The van der Waals surface area contributed by atoms with Crippen LogP contribution in [-0.2, 0) is 9.59 Å². The van der Waals surface area contributed by atoms with Gasteiger partial charge in [-0.05, 0) is 57.1 Å². The average molecular weight is 302 g/mol. The molecule has 0 aliphatic heterocycles. The fourth-order valence-corrected chi connectivity index (χ4v) is 2.55. The number of carbonyl (C=O) groups is 2. The first-order chi connectivity index (χ1) is 10.2. The third kappa shape index (κ3) is 7.02. The lowest BCUT2D eigenvalue weighted by molar-refractivity contribution is -0.118. The van der Waals surface area contributed by atoms with Gasteiger partial charge in [-0.25, -0.2) is 0 Å². The molecule has 0 saturated heterocycles. The topological polar surface area (TPSA) is 34.1 Å². The second-order valence-electron chi connectivity index (χ2n) is 7.41. The van der Waals surface area contributed by atoms with Gasteiger partial charge >= 0.3 is 0 Å². The summed E-state index contributed by atoms with van der Waals surface area (Å²) in [6.07, 6.45) is 11.7. The summed E-state index contributed by atoms with van der Waals surface area (Å²) in [7, 11) is 0. The zero-order chi connectivity index (χ0) is 16.8. The molecule has 0 amide bonds. The van der Waals surface area contributed by atoms with Crippen LogP contribution in [0.25, 0.3) is 0 Å². The Hall–Kier alpha value is -1.44. The third-order valence-corrected chi connectivity index (χ3v) is 4.23. The van der Waals surface area contributed by atoms with Crippen molar-refractivity contribution < 1.29 is 9.59 Å². The quantitative estimate of drug-likeness (QED) is 0.576. The highest BCUT2D eigenvalue weighted by Crippen LogP contribution is 2.25. The molecular weight excluding hydrogens is 272 g/mol. The molecule has 0 aromatic carbocycles. The lowest BCUT2D eigenvalue weighted by atomic mass is 9.86. The maximum atomic E-state index is 12.2. The standard InChI is InChI=1S/C20H30O2/c1-15-7-6-8-17(3)19(22)10-12-20(4,5)11-9-16(2)14-18(21)13-15/h9-10,12-13,17H,6-8,11,14H2,1-5H3/b12-10+,15-13-,16-9+/t17-/m0/s1. The zero-order valence-electron chi connectivity index (χ0n) is 14.7. The maximum absolute atomic E-state index is 12.2. The molecule has 0 aromatic heterocycles. The first kappa shape index (κ1) is 18.6. The number of rotatable bonds is 0. The molecule has 0 radical (unpaired) electrons. The van der Waals surface area contributed by atoms with Gasteiger partial charge in [-0.2, -0.15) is 0 Å². The molecule has 122 valence electrons. The lowest BCUT2D eigenvalue weighted by Crippen LogP contribution is -2.11. The van der Waals surface area contributed by atoms with Crippen molar-refractivity contribution in [3.63, 3.8) is 0 Å². The summed E-state index contributed by atoms with van der Waals surface area (Å²) in [5.41, 5.74) is 2.15. The Bertz CT molecular complexity index is 504. The Balaban J connectivity index is 2.96. The van der Waals surface area contributed by atoms with Gasteiger partial charge in [0, 0.05) is 12.3 Å². The van der Waals surface area contributed by atoms with E-state index in [2.05, 4.69) is 19.9 Å². The van der Waals surface area contributed by atoms with Crippen LogP contribution < -0.4 is 0 Å². The van der Waals surface area contributed by atoms with Gasteiger partial charge in [0.25, 0.3) is 0 Å². The number of hydrogen-bond donors (Lipinski definition) is 0. The van der Waals surface area contributed by atoms with Gasteiger partial charge in [-0.15, -0.1) is 0 Å². The highest BCUT2D eigenvalue weighted by Gasteiger charge is 2.16. The zero-order valence-corrected chi connectivity index (χ0v) is 14.7. The number of allylic oxidation sites excluding steroid dienone is 6. The second-order valence-corrected chi connectivity index (χ2v) is 7.41. The average Bonchev–Trinajstić information content (AvgIpc) is 2.41. The molecule has 0 saturated carbocycles. The summed E-state index contributed by atoms with van der Waals surface area (Å²) in [5, 5.41) is 0. The van der Waals surface area contributed by atoms with E-state index in [1.165, 1.54) is 0 Å². The van der Waals surface area contributed by atoms with Crippen molar-refractivity contribution in [2.24, 2.45) is 11.3 Å². The first-order valence-electron chi connectivity index (χ1n) is 8.28. The van der Waals surface area contributed by atoms with Gasteiger partial charge in [0.15, 0.2) is 11.6 Å². The summed E-state index contributed by atoms with van der Waals surface area (Å²) in [5.74, 6) is 0.443. The molecule has 2 nitrogen and oxygen atoms in total. The SMILES string of the molecule is C/C1=C/C(=O)C/C(C)=C/CC(C)(C)/C=C/C(=O)[C@@H](C)CCC1. The summed E-state index contributed by atoms with van der Waals surface area (Å²) >= 11 is 0. The minimum Gasteiger partial charge on any atom is -0.295 e. The number of carbonyl (C=O) groups excluding carboxylic acids is 2. The number of ketones is 2. The fraction of sp³-hybridized carbons (Fsp3) is 0.600. The van der Waals surface area contributed by atoms with Crippen molar-refractivity contribution in [1.29, 1.82) is 0 Å². The predicted molar refractivity (Wildman–Crippen MR) is 92.7 cm³/mol. The molecule has 0 bridgehead atoms. The Morgan fingerprint density at radius 3 is 2.50 bits per heavy atom. The van der Waals surface area contributed by atoms with Crippen LogP contribution in [0.1, 0.15) is 66.7 Å². The molecule has 0 heterocycles. The third-order valence-electron chi connectivity index (χ3n) is 4.23. The maximum Gasteiger partial charge on any atom is 0.159 e. The normalized spacial score (nSPS) is 31.2. The fourth-order valence-electron chi connectivity index (χ4n) is 2.55. The minimum absolute atomic E-state index is 0.0537. The smallest absolute Gasteiger partial charge is 0.159 e. The van der Waals surface area contributed by atoms with Crippen LogP contribution in [0.3, 0.4) is 0 Å². The van der Waals surface area contributed by atoms with Crippen LogP contribution in [0.4, 0.5) is 0 Å². The molecule has 22 heavy (non-hydrogen) atoms. The van der Waals surface area contributed by atoms with Crippen LogP contribution in [0.2, 0.25) is 0 Å². The molecule has 1 rings (SSSR count). The van der Waals surface area contributed by atoms with Gasteiger partial charge < -0.3 is 0 Å². The Labute approximate surface area is 135 Å². The van der Waals surface area contributed by atoms with Crippen LogP contribution in [0.5, 0.6) is 0 Å². The van der Waals surface area contributed by atoms with E-state index >= 15 is 0 Å². The van der Waals surface area contributed by atoms with Crippen molar-refractivity contribution in [3.8, 4) is 0 Å². The van der Waals surface area contributed by atoms with E-state index in [0.717, 1.165) is 36.8 Å². The van der Waals surface area contributed by atoms with Crippen LogP contribution in [-0.4, -0.2) is 11.6 Å². The molecule has 0 unspecified atom stereocenters. The second kappa shape index (κ2) is 8.26. The van der Waals surface area contributed by atoms with Gasteiger partial charge in [-0.1, -0.05) is 44.1 Å². The summed E-state index contributed by atoms with van der Waals surface area (Å²) in [6, 6.07) is 0. The molecular formula is C20H30O2. The highest BCUT2D eigenvalue weighted by atomic mass is 16.1. The van der Waals surface area contributed by atoms with Crippen LogP contribution in [0.15, 0.2) is 35.5 Å². The summed E-state index contributed by atoms with van der Waals surface area (Å²) in [6.45, 7) is 10.2. The first-order valence-corrected chi connectivity index (χ1v) is 8.28. The Kier molecular flexibility index (Phi) is 6.99. The van der Waals surface area contributed by atoms with E-state index in [9.17, 15) is 9.59 Å². The molecule has 0 spiro atoms. The van der Waals surface area contributed by atoms with Crippen LogP contribution in [0, 0.1) is 11.3 Å². The van der Waals surface area contributed by atoms with E-state index in [1.54, 1.807) is 12.2 Å². The number of hydrogen-bond acceptors (Lipinski definition) is 2. The predicted octanol–water partition coefficient (Wildman–Crippen LogP) is 5.20. The molecule has 1 aliphatic carbocycles. The van der Waals surface area contributed by atoms with E-state index in [4.69, 9.17) is 0 Å². The molecule has 1 aliphatic rings. The van der Waals surface area contributed by atoms with Crippen molar-refractivity contribution >= 4 is 11.6 Å². The Morgan fingerprint density at radius 1 is 1.14 bits per heavy atom. The molecule has 0 fully saturated rings. The van der Waals surface area contributed by atoms with Crippen molar-refractivity contribution in [1.82, 2.24) is 0 Å². The van der Waals surface area contributed by atoms with Gasteiger partial charge in [0.1, 0.15) is 0 Å². The van der Waals surface area contributed by atoms with E-state index in [0.29, 0.717) is 6.42 Å². The molecule has 2 heteroatoms. The lowest BCUT2D eigenvalue weighted by Gasteiger charge is -2.18. The molecule has 0 N–H and O–H groups in total. The molecule has 0 aromatic rings. The van der Waals surface area contributed by atoms with E-state index < -0.39 is 0 Å². The van der Waals surface area contributed by atoms with Crippen molar-refractivity contribution in [2.75, 3.05) is 0 Å². The van der Waals surface area contributed by atoms with Gasteiger partial charge in [0.2, 0.25) is 0 Å². The summed E-state index contributed by atoms with van der Waals surface area (Å²) < 4.78 is 0. The Morgan fingerprint density at radius 2 is 1.82 bits per heavy atom. The van der Waals surface area contributed by atoms with Crippen molar-refractivity contribution in [2.45, 2.75) is 66.7 Å². The van der Waals surface area contributed by atoms with Crippen LogP contribution >= 0.6 is 0 Å². The van der Waals surface area contributed by atoms with Crippen molar-refractivity contribution in [3.05, 3.63) is 35.5 Å². The largest absolute Gasteiger partial charge is 0.295 e. The summed E-state index contributed by atoms with van der Waals surface area (Å²) in [4.78, 5) is 24.2. The highest BCUT2D eigenvalue weighted by molar-refractivity contribution is 5.92. The van der Waals surface area contributed by atoms with Gasteiger partial charge in [0.05, 0.1) is 0 Å².